The van der Waals surface area contributed by atoms with E-state index in [1.54, 1.807) is 24.3 Å². The van der Waals surface area contributed by atoms with Crippen molar-refractivity contribution in [3.63, 3.8) is 0 Å². The molecule has 0 aliphatic carbocycles. The second-order valence-electron chi connectivity index (χ2n) is 6.62. The predicted molar refractivity (Wildman–Crippen MR) is 118 cm³/mol. The number of nitrogens with zero attached hydrogens (tertiary/aromatic N) is 1. The largest absolute Gasteiger partial charge is 0.507 e. The van der Waals surface area contributed by atoms with Crippen molar-refractivity contribution in [1.82, 2.24) is 4.90 Å². The zero-order chi connectivity index (χ0) is 21.8. The van der Waals surface area contributed by atoms with Gasteiger partial charge in [-0.2, -0.15) is 0 Å². The number of hydrogen-bond donors (Lipinski definition) is 1. The zero-order valence-corrected chi connectivity index (χ0v) is 18.9. The molecule has 0 spiro atoms. The number of aliphatic hydroxyl groups is 1. The van der Waals surface area contributed by atoms with E-state index in [-0.39, 0.29) is 24.5 Å². The number of benzene rings is 2. The molecule has 1 unspecified atom stereocenters. The molecule has 8 heteroatoms. The highest BCUT2D eigenvalue weighted by Crippen LogP contribution is 2.40. The second-order valence-corrected chi connectivity index (χ2v) is 7.94. The number of methoxy groups -OCH3 is 1. The molecule has 6 nitrogen and oxygen atoms in total. The van der Waals surface area contributed by atoms with E-state index in [2.05, 4.69) is 15.9 Å². The van der Waals surface area contributed by atoms with Gasteiger partial charge in [0.25, 0.3) is 11.7 Å². The van der Waals surface area contributed by atoms with Crippen LogP contribution >= 0.6 is 27.5 Å². The maximum atomic E-state index is 12.9. The van der Waals surface area contributed by atoms with Crippen LogP contribution in [-0.4, -0.2) is 48.6 Å². The number of halogens is 2. The van der Waals surface area contributed by atoms with Crippen molar-refractivity contribution in [2.45, 2.75) is 13.0 Å². The van der Waals surface area contributed by atoms with E-state index >= 15 is 0 Å². The average Bonchev–Trinajstić information content (AvgIpc) is 2.98. The third kappa shape index (κ3) is 4.38. The van der Waals surface area contributed by atoms with Gasteiger partial charge in [0.2, 0.25) is 0 Å². The van der Waals surface area contributed by atoms with Gasteiger partial charge in [-0.15, -0.1) is 0 Å². The topological polar surface area (TPSA) is 76.1 Å². The van der Waals surface area contributed by atoms with Gasteiger partial charge in [-0.1, -0.05) is 39.7 Å². The summed E-state index contributed by atoms with van der Waals surface area (Å²) < 4.78 is 11.4. The van der Waals surface area contributed by atoms with Gasteiger partial charge in [0.1, 0.15) is 11.5 Å². The summed E-state index contributed by atoms with van der Waals surface area (Å²) in [6, 6.07) is 11.3. The summed E-state index contributed by atoms with van der Waals surface area (Å²) in [5.41, 5.74) is 1.04. The number of rotatable bonds is 7. The number of ether oxygens (including phenoxy) is 2. The summed E-state index contributed by atoms with van der Waals surface area (Å²) >= 11 is 9.64. The number of hydrogen-bond acceptors (Lipinski definition) is 5. The molecular formula is C22H21BrClNO5. The van der Waals surface area contributed by atoms with Gasteiger partial charge in [-0.05, 0) is 42.8 Å². The summed E-state index contributed by atoms with van der Waals surface area (Å²) in [4.78, 5) is 27.0. The van der Waals surface area contributed by atoms with E-state index in [0.717, 1.165) is 4.47 Å². The quantitative estimate of drug-likeness (QED) is 0.347. The third-order valence-corrected chi connectivity index (χ3v) is 5.59. The van der Waals surface area contributed by atoms with Gasteiger partial charge in [0.15, 0.2) is 0 Å². The zero-order valence-electron chi connectivity index (χ0n) is 16.5. The molecule has 0 bridgehead atoms. The van der Waals surface area contributed by atoms with Gasteiger partial charge >= 0.3 is 0 Å². The molecule has 2 aromatic carbocycles. The Morgan fingerprint density at radius 2 is 1.90 bits per heavy atom. The molecule has 1 aliphatic rings. The molecule has 1 fully saturated rings. The minimum absolute atomic E-state index is 0.0126. The maximum Gasteiger partial charge on any atom is 0.295 e. The second kappa shape index (κ2) is 9.64. The van der Waals surface area contributed by atoms with Crippen molar-refractivity contribution in [2.24, 2.45) is 0 Å². The molecule has 1 saturated heterocycles. The molecule has 1 N–H and O–H groups in total. The first kappa shape index (κ1) is 22.3. The molecule has 0 radical (unpaired) electrons. The lowest BCUT2D eigenvalue weighted by molar-refractivity contribution is -0.140. The number of aliphatic hydroxyl groups excluding tert-OH is 1. The summed E-state index contributed by atoms with van der Waals surface area (Å²) in [5.74, 6) is -1.24. The summed E-state index contributed by atoms with van der Waals surface area (Å²) in [5, 5.41) is 11.3. The van der Waals surface area contributed by atoms with E-state index < -0.39 is 17.7 Å². The first-order valence-corrected chi connectivity index (χ1v) is 10.5. The van der Waals surface area contributed by atoms with Crippen LogP contribution in [-0.2, 0) is 14.3 Å². The Bertz CT molecular complexity index is 990. The van der Waals surface area contributed by atoms with Crippen LogP contribution in [0.3, 0.4) is 0 Å². The van der Waals surface area contributed by atoms with Crippen molar-refractivity contribution in [3.8, 4) is 5.75 Å². The van der Waals surface area contributed by atoms with E-state index in [9.17, 15) is 14.7 Å². The Kier molecular flexibility index (Phi) is 7.18. The molecule has 1 amide bonds. The molecule has 2 aromatic rings. The number of likely N-dealkylation sites (tertiary alicyclic amines) is 1. The van der Waals surface area contributed by atoms with E-state index in [1.165, 1.54) is 18.1 Å². The Labute approximate surface area is 188 Å². The lowest BCUT2D eigenvalue weighted by Gasteiger charge is -2.25. The highest BCUT2D eigenvalue weighted by molar-refractivity contribution is 9.10. The lowest BCUT2D eigenvalue weighted by Crippen LogP contribution is -2.32. The number of ketones is 1. The first-order chi connectivity index (χ1) is 14.4. The predicted octanol–water partition coefficient (Wildman–Crippen LogP) is 4.57. The number of carbonyl (C=O) groups is 2. The molecule has 0 saturated carbocycles. The van der Waals surface area contributed by atoms with Crippen LogP contribution in [0.5, 0.6) is 5.75 Å². The van der Waals surface area contributed by atoms with Gasteiger partial charge < -0.3 is 19.5 Å². The molecule has 3 rings (SSSR count). The van der Waals surface area contributed by atoms with Crippen molar-refractivity contribution >= 4 is 45.0 Å². The third-order valence-electron chi connectivity index (χ3n) is 4.77. The number of Topliss-reactive ketones (excluding diaryl/α,β-unsaturated/α-hetero) is 1. The fraction of sp³-hybridized carbons (Fsp3) is 0.273. The maximum absolute atomic E-state index is 12.9. The Balaban J connectivity index is 2.13. The summed E-state index contributed by atoms with van der Waals surface area (Å²) in [6.07, 6.45) is 0. The molecule has 158 valence electrons. The minimum Gasteiger partial charge on any atom is -0.507 e. The number of carbonyl (C=O) groups excluding carboxylic acids is 2. The van der Waals surface area contributed by atoms with Crippen LogP contribution in [0.15, 0.2) is 52.5 Å². The van der Waals surface area contributed by atoms with Crippen molar-refractivity contribution < 1.29 is 24.2 Å². The monoisotopic (exact) mass is 493 g/mol. The number of amides is 1. The normalized spacial score (nSPS) is 18.1. The van der Waals surface area contributed by atoms with Crippen molar-refractivity contribution in [1.29, 1.82) is 0 Å². The van der Waals surface area contributed by atoms with Crippen LogP contribution in [0.25, 0.3) is 5.76 Å². The molecule has 1 aliphatic heterocycles. The van der Waals surface area contributed by atoms with Gasteiger partial charge in [0.05, 0.1) is 29.9 Å². The fourth-order valence-corrected chi connectivity index (χ4v) is 3.87. The van der Waals surface area contributed by atoms with Crippen LogP contribution in [0.2, 0.25) is 5.02 Å². The highest BCUT2D eigenvalue weighted by atomic mass is 79.9. The SMILES string of the molecule is CCOc1ccc(/C(O)=C2\C(=O)C(=O)N(CCOC)C2c2ccc(Br)cc2)cc1Cl. The van der Waals surface area contributed by atoms with E-state index in [0.29, 0.717) is 28.5 Å². The Morgan fingerprint density at radius 1 is 1.20 bits per heavy atom. The van der Waals surface area contributed by atoms with Crippen LogP contribution in [0, 0.1) is 0 Å². The minimum atomic E-state index is -0.749. The van der Waals surface area contributed by atoms with Gasteiger partial charge in [-0.3, -0.25) is 9.59 Å². The molecule has 1 atom stereocenters. The van der Waals surface area contributed by atoms with Gasteiger partial charge in [0, 0.05) is 23.7 Å². The Morgan fingerprint density at radius 3 is 2.50 bits per heavy atom. The summed E-state index contributed by atoms with van der Waals surface area (Å²) in [6.45, 7) is 2.75. The molecule has 1 heterocycles. The summed E-state index contributed by atoms with van der Waals surface area (Å²) in [7, 11) is 1.52. The fourth-order valence-electron chi connectivity index (χ4n) is 3.37. The van der Waals surface area contributed by atoms with Crippen molar-refractivity contribution in [3.05, 3.63) is 68.7 Å². The van der Waals surface area contributed by atoms with E-state index in [1.807, 2.05) is 19.1 Å². The Hall–Kier alpha value is -2.35. The van der Waals surface area contributed by atoms with Crippen LogP contribution in [0.1, 0.15) is 24.1 Å². The van der Waals surface area contributed by atoms with Crippen LogP contribution in [0.4, 0.5) is 0 Å². The van der Waals surface area contributed by atoms with E-state index in [4.69, 9.17) is 21.1 Å². The first-order valence-electron chi connectivity index (χ1n) is 9.34. The van der Waals surface area contributed by atoms with Crippen LogP contribution < -0.4 is 4.74 Å². The van der Waals surface area contributed by atoms with Crippen molar-refractivity contribution in [2.75, 3.05) is 26.9 Å². The standard InChI is InChI=1S/C22H21BrClNO5/c1-3-30-17-9-6-14(12-16(17)24)20(26)18-19(13-4-7-15(23)8-5-13)25(10-11-29-2)22(28)21(18)27/h4-9,12,19,26H,3,10-11H2,1-2H3/b20-18+. The molecule has 0 aromatic heterocycles. The smallest absolute Gasteiger partial charge is 0.295 e. The molecule has 30 heavy (non-hydrogen) atoms. The highest BCUT2D eigenvalue weighted by Gasteiger charge is 2.45. The van der Waals surface area contributed by atoms with Gasteiger partial charge in [-0.25, -0.2) is 0 Å². The average molecular weight is 495 g/mol. The molecular weight excluding hydrogens is 474 g/mol. The lowest BCUT2D eigenvalue weighted by atomic mass is 9.95.